The molecular formula is C24H28IN3O2. The Hall–Kier alpha value is -2.48. The topological polar surface area (TPSA) is 70.6 Å². The SMILES string of the molecule is CC(=C/c1ccc(C(C)C)cc1)/C=N/NC(=O)CCC(=O)Nc1ccc(I)cc1C. The highest BCUT2D eigenvalue weighted by atomic mass is 127. The van der Waals surface area contributed by atoms with E-state index in [4.69, 9.17) is 0 Å². The van der Waals surface area contributed by atoms with Crippen LogP contribution in [0.15, 0.2) is 53.1 Å². The number of hydrazone groups is 1. The van der Waals surface area contributed by atoms with Gasteiger partial charge in [-0.1, -0.05) is 44.2 Å². The molecule has 0 bridgehead atoms. The Morgan fingerprint density at radius 3 is 2.37 bits per heavy atom. The lowest BCUT2D eigenvalue weighted by atomic mass is 10.0. The van der Waals surface area contributed by atoms with Gasteiger partial charge in [0.15, 0.2) is 0 Å². The smallest absolute Gasteiger partial charge is 0.240 e. The molecule has 2 aromatic rings. The lowest BCUT2D eigenvalue weighted by Crippen LogP contribution is -2.20. The van der Waals surface area contributed by atoms with Gasteiger partial charge in [0.1, 0.15) is 0 Å². The van der Waals surface area contributed by atoms with Gasteiger partial charge in [-0.3, -0.25) is 9.59 Å². The molecule has 0 heterocycles. The van der Waals surface area contributed by atoms with Crippen molar-refractivity contribution in [3.05, 3.63) is 68.3 Å². The summed E-state index contributed by atoms with van der Waals surface area (Å²) >= 11 is 2.22. The maximum atomic E-state index is 12.1. The number of halogens is 1. The highest BCUT2D eigenvalue weighted by molar-refractivity contribution is 14.1. The molecular weight excluding hydrogens is 489 g/mol. The van der Waals surface area contributed by atoms with Gasteiger partial charge in [0.25, 0.3) is 0 Å². The third kappa shape index (κ3) is 8.10. The van der Waals surface area contributed by atoms with Crippen molar-refractivity contribution in [2.24, 2.45) is 5.10 Å². The molecule has 0 atom stereocenters. The molecule has 0 saturated carbocycles. The van der Waals surface area contributed by atoms with Gasteiger partial charge in [0, 0.05) is 22.1 Å². The molecule has 2 N–H and O–H groups in total. The molecule has 0 radical (unpaired) electrons. The summed E-state index contributed by atoms with van der Waals surface area (Å²) in [5.41, 5.74) is 7.52. The Morgan fingerprint density at radius 1 is 1.07 bits per heavy atom. The van der Waals surface area contributed by atoms with Crippen LogP contribution in [0.25, 0.3) is 6.08 Å². The van der Waals surface area contributed by atoms with E-state index in [0.29, 0.717) is 5.92 Å². The van der Waals surface area contributed by atoms with E-state index < -0.39 is 0 Å². The zero-order valence-corrected chi connectivity index (χ0v) is 20.0. The Labute approximate surface area is 192 Å². The fraction of sp³-hybridized carbons (Fsp3) is 0.292. The molecule has 2 aromatic carbocycles. The van der Waals surface area contributed by atoms with Gasteiger partial charge in [-0.25, -0.2) is 5.43 Å². The second kappa shape index (κ2) is 11.6. The minimum atomic E-state index is -0.296. The molecule has 30 heavy (non-hydrogen) atoms. The molecule has 2 amide bonds. The number of aryl methyl sites for hydroxylation is 1. The van der Waals surface area contributed by atoms with Crippen molar-refractivity contribution >= 4 is 52.4 Å². The number of hydrogen-bond donors (Lipinski definition) is 2. The van der Waals surface area contributed by atoms with Crippen molar-refractivity contribution in [1.29, 1.82) is 0 Å². The molecule has 5 nitrogen and oxygen atoms in total. The normalized spacial score (nSPS) is 11.7. The molecule has 2 rings (SSSR count). The number of benzene rings is 2. The van der Waals surface area contributed by atoms with Crippen LogP contribution in [0.3, 0.4) is 0 Å². The lowest BCUT2D eigenvalue weighted by molar-refractivity contribution is -0.124. The average Bonchev–Trinajstić information content (AvgIpc) is 2.69. The maximum Gasteiger partial charge on any atom is 0.240 e. The third-order valence-electron chi connectivity index (χ3n) is 4.50. The molecule has 0 aliphatic heterocycles. The Kier molecular flexibility index (Phi) is 9.23. The second-order valence-corrected chi connectivity index (χ2v) is 8.76. The Morgan fingerprint density at radius 2 is 1.73 bits per heavy atom. The molecule has 0 aromatic heterocycles. The summed E-state index contributed by atoms with van der Waals surface area (Å²) < 4.78 is 1.11. The first-order valence-corrected chi connectivity index (χ1v) is 11.0. The number of carbonyl (C=O) groups excluding carboxylic acids is 2. The van der Waals surface area contributed by atoms with Crippen LogP contribution in [0.5, 0.6) is 0 Å². The van der Waals surface area contributed by atoms with Crippen LogP contribution < -0.4 is 10.7 Å². The third-order valence-corrected chi connectivity index (χ3v) is 5.17. The fourth-order valence-corrected chi connectivity index (χ4v) is 3.39. The summed E-state index contributed by atoms with van der Waals surface area (Å²) in [6, 6.07) is 14.2. The van der Waals surface area contributed by atoms with E-state index in [2.05, 4.69) is 76.5 Å². The molecule has 0 unspecified atom stereocenters. The van der Waals surface area contributed by atoms with E-state index in [1.54, 1.807) is 6.21 Å². The Balaban J connectivity index is 1.77. The fourth-order valence-electron chi connectivity index (χ4n) is 2.75. The zero-order valence-electron chi connectivity index (χ0n) is 17.8. The highest BCUT2D eigenvalue weighted by Crippen LogP contribution is 2.18. The number of carbonyl (C=O) groups is 2. The minimum absolute atomic E-state index is 0.0754. The first-order valence-electron chi connectivity index (χ1n) is 9.90. The summed E-state index contributed by atoms with van der Waals surface area (Å²) in [5, 5.41) is 6.81. The number of rotatable bonds is 8. The summed E-state index contributed by atoms with van der Waals surface area (Å²) in [7, 11) is 0. The van der Waals surface area contributed by atoms with Crippen molar-refractivity contribution in [3.63, 3.8) is 0 Å². The van der Waals surface area contributed by atoms with Crippen LogP contribution >= 0.6 is 22.6 Å². The summed E-state index contributed by atoms with van der Waals surface area (Å²) in [6.45, 7) is 8.19. The van der Waals surface area contributed by atoms with Crippen molar-refractivity contribution in [2.75, 3.05) is 5.32 Å². The number of amides is 2. The van der Waals surface area contributed by atoms with Gasteiger partial charge in [-0.05, 0) is 82.8 Å². The minimum Gasteiger partial charge on any atom is -0.326 e. The van der Waals surface area contributed by atoms with Gasteiger partial charge < -0.3 is 5.32 Å². The number of nitrogens with zero attached hydrogens (tertiary/aromatic N) is 1. The molecule has 0 aliphatic rings. The van der Waals surface area contributed by atoms with E-state index in [1.165, 1.54) is 5.56 Å². The predicted octanol–water partition coefficient (Wildman–Crippen LogP) is 5.65. The molecule has 0 aliphatic carbocycles. The van der Waals surface area contributed by atoms with Crippen molar-refractivity contribution < 1.29 is 9.59 Å². The molecule has 0 spiro atoms. The van der Waals surface area contributed by atoms with Crippen LogP contribution in [-0.2, 0) is 9.59 Å². The summed E-state index contributed by atoms with van der Waals surface area (Å²) in [5.74, 6) is 0.0118. The van der Waals surface area contributed by atoms with Gasteiger partial charge in [-0.15, -0.1) is 0 Å². The van der Waals surface area contributed by atoms with Crippen LogP contribution in [0.2, 0.25) is 0 Å². The van der Waals surface area contributed by atoms with E-state index in [1.807, 2.05) is 38.1 Å². The van der Waals surface area contributed by atoms with Crippen LogP contribution in [0.4, 0.5) is 5.69 Å². The van der Waals surface area contributed by atoms with E-state index in [-0.39, 0.29) is 24.7 Å². The number of nitrogens with one attached hydrogen (secondary N) is 2. The molecule has 0 saturated heterocycles. The first-order chi connectivity index (χ1) is 14.2. The lowest BCUT2D eigenvalue weighted by Gasteiger charge is -2.08. The van der Waals surface area contributed by atoms with Crippen LogP contribution in [0.1, 0.15) is 56.2 Å². The summed E-state index contributed by atoms with van der Waals surface area (Å²) in [4.78, 5) is 24.0. The van der Waals surface area contributed by atoms with Crippen molar-refractivity contribution in [2.45, 2.75) is 46.5 Å². The number of anilines is 1. The van der Waals surface area contributed by atoms with Crippen LogP contribution in [0, 0.1) is 10.5 Å². The van der Waals surface area contributed by atoms with Gasteiger partial charge in [0.05, 0.1) is 6.21 Å². The standard InChI is InChI=1S/C24H28IN3O2/c1-16(2)20-7-5-19(6-8-20)13-17(3)15-26-28-24(30)12-11-23(29)27-22-10-9-21(25)14-18(22)4/h5-10,13-16H,11-12H2,1-4H3,(H,27,29)(H,28,30)/b17-13-,26-15+. The van der Waals surface area contributed by atoms with Crippen molar-refractivity contribution in [3.8, 4) is 0 Å². The maximum absolute atomic E-state index is 12.1. The molecule has 158 valence electrons. The Bertz CT molecular complexity index is 947. The van der Waals surface area contributed by atoms with Crippen molar-refractivity contribution in [1.82, 2.24) is 5.43 Å². The zero-order chi connectivity index (χ0) is 22.1. The second-order valence-electron chi connectivity index (χ2n) is 7.51. The first kappa shape index (κ1) is 23.8. The molecule has 0 fully saturated rings. The predicted molar refractivity (Wildman–Crippen MR) is 133 cm³/mol. The monoisotopic (exact) mass is 517 g/mol. The van der Waals surface area contributed by atoms with E-state index >= 15 is 0 Å². The van der Waals surface area contributed by atoms with E-state index in [0.717, 1.165) is 26.0 Å². The quantitative estimate of drug-likeness (QED) is 0.270. The average molecular weight is 517 g/mol. The van der Waals surface area contributed by atoms with Gasteiger partial charge in [-0.2, -0.15) is 5.10 Å². The molecule has 6 heteroatoms. The van der Waals surface area contributed by atoms with Gasteiger partial charge >= 0.3 is 0 Å². The number of hydrogen-bond acceptors (Lipinski definition) is 3. The highest BCUT2D eigenvalue weighted by Gasteiger charge is 2.08. The van der Waals surface area contributed by atoms with Crippen LogP contribution in [-0.4, -0.2) is 18.0 Å². The number of allylic oxidation sites excluding steroid dienone is 1. The summed E-state index contributed by atoms with van der Waals surface area (Å²) in [6.07, 6.45) is 3.77. The largest absolute Gasteiger partial charge is 0.326 e. The van der Waals surface area contributed by atoms with Gasteiger partial charge in [0.2, 0.25) is 11.8 Å². The van der Waals surface area contributed by atoms with E-state index in [9.17, 15) is 9.59 Å².